The van der Waals surface area contributed by atoms with E-state index in [-0.39, 0.29) is 0 Å². The maximum atomic E-state index is 5.77. The number of hydrogen-bond acceptors (Lipinski definition) is 3. The van der Waals surface area contributed by atoms with Crippen LogP contribution in [0.2, 0.25) is 0 Å². The lowest BCUT2D eigenvalue weighted by atomic mass is 10.0. The van der Waals surface area contributed by atoms with E-state index in [1.165, 1.54) is 5.56 Å². The van der Waals surface area contributed by atoms with Gasteiger partial charge in [-0.25, -0.2) is 0 Å². The van der Waals surface area contributed by atoms with Crippen LogP contribution in [0.5, 0.6) is 11.5 Å². The average molecular weight is 221 g/mol. The average Bonchev–Trinajstić information content (AvgIpc) is 2.35. The predicted octanol–water partition coefficient (Wildman–Crippen LogP) is 2.00. The number of ether oxygens (including phenoxy) is 2. The van der Waals surface area contributed by atoms with Gasteiger partial charge in [0.2, 0.25) is 0 Å². The van der Waals surface area contributed by atoms with Crippen LogP contribution < -0.4 is 14.8 Å². The lowest BCUT2D eigenvalue weighted by Gasteiger charge is -2.27. The number of nitrogens with one attached hydrogen (secondary N) is 1. The van der Waals surface area contributed by atoms with Crippen LogP contribution >= 0.6 is 0 Å². The van der Waals surface area contributed by atoms with Gasteiger partial charge in [0, 0.05) is 6.04 Å². The molecule has 0 saturated carbocycles. The summed E-state index contributed by atoms with van der Waals surface area (Å²) in [7, 11) is 1.68. The molecule has 0 amide bonds. The summed E-state index contributed by atoms with van der Waals surface area (Å²) in [5, 5.41) is 3.48. The Bertz CT molecular complexity index is 352. The Morgan fingerprint density at radius 2 is 2.38 bits per heavy atom. The Balaban J connectivity index is 2.09. The minimum Gasteiger partial charge on any atom is -0.493 e. The van der Waals surface area contributed by atoms with Crippen LogP contribution in [0.15, 0.2) is 18.2 Å². The van der Waals surface area contributed by atoms with Gasteiger partial charge in [-0.1, -0.05) is 19.1 Å². The van der Waals surface area contributed by atoms with Crippen LogP contribution in [0.4, 0.5) is 0 Å². The number of benzene rings is 1. The van der Waals surface area contributed by atoms with Crippen LogP contribution in [0.3, 0.4) is 0 Å². The quantitative estimate of drug-likeness (QED) is 0.843. The third-order valence-corrected chi connectivity index (χ3v) is 2.86. The third-order valence-electron chi connectivity index (χ3n) is 2.86. The van der Waals surface area contributed by atoms with Gasteiger partial charge in [0.1, 0.15) is 6.61 Å². The molecule has 1 atom stereocenters. The molecule has 3 heteroatoms. The zero-order valence-corrected chi connectivity index (χ0v) is 9.95. The molecule has 0 spiro atoms. The maximum Gasteiger partial charge on any atom is 0.164 e. The van der Waals surface area contributed by atoms with Crippen molar-refractivity contribution in [1.82, 2.24) is 5.32 Å². The van der Waals surface area contributed by atoms with Crippen molar-refractivity contribution in [3.63, 3.8) is 0 Å². The highest BCUT2D eigenvalue weighted by atomic mass is 16.5. The van der Waals surface area contributed by atoms with Crippen molar-refractivity contribution in [2.24, 2.45) is 0 Å². The van der Waals surface area contributed by atoms with Crippen molar-refractivity contribution in [3.8, 4) is 11.5 Å². The van der Waals surface area contributed by atoms with Crippen LogP contribution in [0.1, 0.15) is 18.9 Å². The molecule has 0 fully saturated rings. The van der Waals surface area contributed by atoms with Gasteiger partial charge in [0.15, 0.2) is 11.5 Å². The zero-order valence-electron chi connectivity index (χ0n) is 9.95. The summed E-state index contributed by atoms with van der Waals surface area (Å²) in [6, 6.07) is 6.50. The zero-order chi connectivity index (χ0) is 11.4. The third kappa shape index (κ3) is 2.30. The summed E-state index contributed by atoms with van der Waals surface area (Å²) in [6.45, 7) is 3.95. The van der Waals surface area contributed by atoms with Crippen molar-refractivity contribution in [1.29, 1.82) is 0 Å². The highest BCUT2D eigenvalue weighted by molar-refractivity contribution is 5.48. The molecule has 0 radical (unpaired) electrons. The Labute approximate surface area is 96.8 Å². The first kappa shape index (κ1) is 11.3. The Hall–Kier alpha value is -1.22. The van der Waals surface area contributed by atoms with Crippen molar-refractivity contribution >= 4 is 0 Å². The molecule has 1 heterocycles. The number of hydrogen-bond donors (Lipinski definition) is 1. The van der Waals surface area contributed by atoms with Gasteiger partial charge in [0.25, 0.3) is 0 Å². The molecule has 0 saturated heterocycles. The van der Waals surface area contributed by atoms with Gasteiger partial charge in [-0.2, -0.15) is 0 Å². The molecule has 0 aromatic heterocycles. The molecule has 0 unspecified atom stereocenters. The number of para-hydroxylation sites is 1. The molecule has 0 bridgehead atoms. The van der Waals surface area contributed by atoms with Gasteiger partial charge in [-0.15, -0.1) is 0 Å². The molecule has 1 N–H and O–H groups in total. The normalized spacial score (nSPS) is 18.8. The Kier molecular flexibility index (Phi) is 3.67. The highest BCUT2D eigenvalue weighted by Crippen LogP contribution is 2.34. The molecule has 0 aliphatic carbocycles. The summed E-state index contributed by atoms with van der Waals surface area (Å²) in [6.07, 6.45) is 2.17. The first-order valence-electron chi connectivity index (χ1n) is 5.87. The summed E-state index contributed by atoms with van der Waals surface area (Å²) >= 11 is 0. The van der Waals surface area contributed by atoms with Crippen LogP contribution in [-0.4, -0.2) is 26.3 Å². The standard InChI is InChI=1S/C13H19NO2/c1-3-7-14-11-8-10-5-4-6-12(15-2)13(10)16-9-11/h4-6,11,14H,3,7-9H2,1-2H3/t11-/m0/s1. The fourth-order valence-electron chi connectivity index (χ4n) is 2.03. The highest BCUT2D eigenvalue weighted by Gasteiger charge is 2.21. The van der Waals surface area contributed by atoms with E-state index < -0.39 is 0 Å². The largest absolute Gasteiger partial charge is 0.493 e. The number of methoxy groups -OCH3 is 1. The van der Waals surface area contributed by atoms with E-state index in [0.717, 1.165) is 37.5 Å². The summed E-state index contributed by atoms with van der Waals surface area (Å²) in [5.41, 5.74) is 1.24. The van der Waals surface area contributed by atoms with Crippen LogP contribution in [0, 0.1) is 0 Å². The van der Waals surface area contributed by atoms with E-state index in [9.17, 15) is 0 Å². The number of rotatable bonds is 4. The summed E-state index contributed by atoms with van der Waals surface area (Å²) < 4.78 is 11.1. The van der Waals surface area contributed by atoms with Crippen molar-refractivity contribution < 1.29 is 9.47 Å². The van der Waals surface area contributed by atoms with Crippen molar-refractivity contribution in [3.05, 3.63) is 23.8 Å². The van der Waals surface area contributed by atoms with Gasteiger partial charge in [-0.3, -0.25) is 0 Å². The van der Waals surface area contributed by atoms with Gasteiger partial charge >= 0.3 is 0 Å². The Morgan fingerprint density at radius 3 is 3.12 bits per heavy atom. The first-order chi connectivity index (χ1) is 7.85. The molecule has 1 aromatic rings. The van der Waals surface area contributed by atoms with E-state index in [0.29, 0.717) is 6.04 Å². The Morgan fingerprint density at radius 1 is 1.50 bits per heavy atom. The smallest absolute Gasteiger partial charge is 0.164 e. The van der Waals surface area contributed by atoms with Gasteiger partial charge < -0.3 is 14.8 Å². The second kappa shape index (κ2) is 5.21. The summed E-state index contributed by atoms with van der Waals surface area (Å²) in [5.74, 6) is 1.76. The fourth-order valence-corrected chi connectivity index (χ4v) is 2.03. The molecule has 1 aliphatic rings. The molecule has 1 aliphatic heterocycles. The first-order valence-corrected chi connectivity index (χ1v) is 5.87. The SMILES string of the molecule is CCCN[C@@H]1COc2c(cccc2OC)C1. The maximum absolute atomic E-state index is 5.77. The van der Waals surface area contributed by atoms with Crippen LogP contribution in [-0.2, 0) is 6.42 Å². The van der Waals surface area contributed by atoms with E-state index in [2.05, 4.69) is 18.3 Å². The second-order valence-corrected chi connectivity index (χ2v) is 4.11. The molecule has 16 heavy (non-hydrogen) atoms. The number of fused-ring (bicyclic) bond motifs is 1. The van der Waals surface area contributed by atoms with E-state index in [4.69, 9.17) is 9.47 Å². The van der Waals surface area contributed by atoms with Crippen LogP contribution in [0.25, 0.3) is 0 Å². The molecule has 3 nitrogen and oxygen atoms in total. The van der Waals surface area contributed by atoms with E-state index in [1.54, 1.807) is 7.11 Å². The van der Waals surface area contributed by atoms with E-state index in [1.807, 2.05) is 12.1 Å². The van der Waals surface area contributed by atoms with E-state index >= 15 is 0 Å². The van der Waals surface area contributed by atoms with Crippen molar-refractivity contribution in [2.45, 2.75) is 25.8 Å². The second-order valence-electron chi connectivity index (χ2n) is 4.11. The van der Waals surface area contributed by atoms with Crippen molar-refractivity contribution in [2.75, 3.05) is 20.3 Å². The minimum absolute atomic E-state index is 0.430. The van der Waals surface area contributed by atoms with Gasteiger partial charge in [-0.05, 0) is 31.0 Å². The molecular weight excluding hydrogens is 202 g/mol. The molecule has 2 rings (SSSR count). The summed E-state index contributed by atoms with van der Waals surface area (Å²) in [4.78, 5) is 0. The lowest BCUT2D eigenvalue weighted by Crippen LogP contribution is -2.39. The van der Waals surface area contributed by atoms with Gasteiger partial charge in [0.05, 0.1) is 7.11 Å². The fraction of sp³-hybridized carbons (Fsp3) is 0.538. The predicted molar refractivity (Wildman–Crippen MR) is 64.3 cm³/mol. The topological polar surface area (TPSA) is 30.5 Å². The monoisotopic (exact) mass is 221 g/mol. The lowest BCUT2D eigenvalue weighted by molar-refractivity contribution is 0.228. The molecule has 88 valence electrons. The molecule has 1 aromatic carbocycles. The molecular formula is C13H19NO2. The minimum atomic E-state index is 0.430.